The van der Waals surface area contributed by atoms with Crippen molar-refractivity contribution in [3.05, 3.63) is 35.9 Å². The fourth-order valence-corrected chi connectivity index (χ4v) is 1.26. The third-order valence-corrected chi connectivity index (χ3v) is 2.12. The lowest BCUT2D eigenvalue weighted by molar-refractivity contribution is -0.151. The highest BCUT2D eigenvalue weighted by molar-refractivity contribution is 5.76. The molecule has 0 aliphatic carbocycles. The Morgan fingerprint density at radius 3 is 2.44 bits per heavy atom. The number of ether oxygens (including phenoxy) is 1. The van der Waals surface area contributed by atoms with Gasteiger partial charge in [0.2, 0.25) is 0 Å². The van der Waals surface area contributed by atoms with Gasteiger partial charge in [0, 0.05) is 0 Å². The van der Waals surface area contributed by atoms with Crippen LogP contribution in [0.1, 0.15) is 31.4 Å². The summed E-state index contributed by atoms with van der Waals surface area (Å²) in [6.45, 7) is 1.76. The smallest absolute Gasteiger partial charge is 0.306 e. The van der Waals surface area contributed by atoms with Crippen LogP contribution in [0.25, 0.3) is 0 Å². The molecule has 0 bridgehead atoms. The fraction of sp³-hybridized carbons (Fsp3) is 0.333. The standard InChI is InChI=1S/C12H14O4/c1-9(10-5-3-2-4-6-10)16-12(15)8-7-11(13)14/h2-6,9H,7-8H2,1H3,(H,13,14). The first-order chi connectivity index (χ1) is 7.59. The predicted molar refractivity (Wildman–Crippen MR) is 57.8 cm³/mol. The molecule has 1 aromatic rings. The van der Waals surface area contributed by atoms with Crippen molar-refractivity contribution in [3.8, 4) is 0 Å². The van der Waals surface area contributed by atoms with Crippen LogP contribution in [0, 0.1) is 0 Å². The van der Waals surface area contributed by atoms with E-state index in [0.29, 0.717) is 0 Å². The Balaban J connectivity index is 2.43. The second-order valence-corrected chi connectivity index (χ2v) is 3.44. The number of carbonyl (C=O) groups excluding carboxylic acids is 1. The van der Waals surface area contributed by atoms with Crippen LogP contribution in [0.4, 0.5) is 0 Å². The molecule has 0 heterocycles. The molecule has 1 N–H and O–H groups in total. The van der Waals surface area contributed by atoms with Gasteiger partial charge in [0.05, 0.1) is 12.8 Å². The van der Waals surface area contributed by atoms with Crippen LogP contribution in [0.2, 0.25) is 0 Å². The van der Waals surface area contributed by atoms with Crippen molar-refractivity contribution in [2.24, 2.45) is 0 Å². The van der Waals surface area contributed by atoms with Crippen molar-refractivity contribution in [2.75, 3.05) is 0 Å². The molecule has 1 atom stereocenters. The van der Waals surface area contributed by atoms with E-state index >= 15 is 0 Å². The number of rotatable bonds is 5. The molecule has 0 radical (unpaired) electrons. The van der Waals surface area contributed by atoms with Crippen molar-refractivity contribution in [1.82, 2.24) is 0 Å². The maximum absolute atomic E-state index is 11.2. The number of aliphatic carboxylic acids is 1. The highest BCUT2D eigenvalue weighted by atomic mass is 16.5. The fourth-order valence-electron chi connectivity index (χ4n) is 1.26. The van der Waals surface area contributed by atoms with Gasteiger partial charge in [0.25, 0.3) is 0 Å². The van der Waals surface area contributed by atoms with Gasteiger partial charge in [-0.1, -0.05) is 30.3 Å². The first-order valence-corrected chi connectivity index (χ1v) is 5.06. The molecule has 16 heavy (non-hydrogen) atoms. The highest BCUT2D eigenvalue weighted by Gasteiger charge is 2.12. The summed E-state index contributed by atoms with van der Waals surface area (Å²) in [6.07, 6.45) is -0.630. The van der Waals surface area contributed by atoms with Crippen LogP contribution in [-0.2, 0) is 14.3 Å². The highest BCUT2D eigenvalue weighted by Crippen LogP contribution is 2.16. The number of hydrogen-bond acceptors (Lipinski definition) is 3. The van der Waals surface area contributed by atoms with Gasteiger partial charge in [0.15, 0.2) is 0 Å². The van der Waals surface area contributed by atoms with E-state index in [1.165, 1.54) is 0 Å². The molecule has 0 saturated heterocycles. The zero-order valence-corrected chi connectivity index (χ0v) is 9.05. The van der Waals surface area contributed by atoms with Crippen molar-refractivity contribution in [3.63, 3.8) is 0 Å². The lowest BCUT2D eigenvalue weighted by Gasteiger charge is -2.12. The van der Waals surface area contributed by atoms with Crippen LogP contribution in [0.5, 0.6) is 0 Å². The number of carbonyl (C=O) groups is 2. The quantitative estimate of drug-likeness (QED) is 0.775. The first-order valence-electron chi connectivity index (χ1n) is 5.06. The minimum Gasteiger partial charge on any atom is -0.481 e. The van der Waals surface area contributed by atoms with Crippen molar-refractivity contribution in [1.29, 1.82) is 0 Å². The molecule has 0 fully saturated rings. The third kappa shape index (κ3) is 4.13. The largest absolute Gasteiger partial charge is 0.481 e. The molecule has 0 amide bonds. The Labute approximate surface area is 93.9 Å². The van der Waals surface area contributed by atoms with Gasteiger partial charge in [-0.05, 0) is 12.5 Å². The summed E-state index contributed by atoms with van der Waals surface area (Å²) in [5, 5.41) is 8.41. The summed E-state index contributed by atoms with van der Waals surface area (Å²) in [5.74, 6) is -1.48. The number of benzene rings is 1. The molecule has 0 saturated carbocycles. The average Bonchev–Trinajstić information content (AvgIpc) is 2.27. The van der Waals surface area contributed by atoms with E-state index in [9.17, 15) is 9.59 Å². The van der Waals surface area contributed by atoms with Gasteiger partial charge < -0.3 is 9.84 Å². The van der Waals surface area contributed by atoms with E-state index in [-0.39, 0.29) is 18.9 Å². The molecule has 86 valence electrons. The van der Waals surface area contributed by atoms with Gasteiger partial charge in [-0.3, -0.25) is 9.59 Å². The topological polar surface area (TPSA) is 63.6 Å². The summed E-state index contributed by atoms with van der Waals surface area (Å²) in [5.41, 5.74) is 0.895. The number of hydrogen-bond donors (Lipinski definition) is 1. The SMILES string of the molecule is CC(OC(=O)CCC(=O)O)c1ccccc1. The van der Waals surface area contributed by atoms with Crippen LogP contribution in [-0.4, -0.2) is 17.0 Å². The summed E-state index contributed by atoms with van der Waals surface area (Å²) in [6, 6.07) is 9.31. The van der Waals surface area contributed by atoms with E-state index in [1.54, 1.807) is 6.92 Å². The van der Waals surface area contributed by atoms with Crippen LogP contribution in [0.15, 0.2) is 30.3 Å². The summed E-state index contributed by atoms with van der Waals surface area (Å²) in [4.78, 5) is 21.5. The third-order valence-electron chi connectivity index (χ3n) is 2.12. The predicted octanol–water partition coefficient (Wildman–Crippen LogP) is 2.16. The van der Waals surface area contributed by atoms with E-state index in [2.05, 4.69) is 0 Å². The Morgan fingerprint density at radius 2 is 1.88 bits per heavy atom. The Hall–Kier alpha value is -1.84. The Morgan fingerprint density at radius 1 is 1.25 bits per heavy atom. The average molecular weight is 222 g/mol. The van der Waals surface area contributed by atoms with E-state index in [0.717, 1.165) is 5.56 Å². The summed E-state index contributed by atoms with van der Waals surface area (Å²) >= 11 is 0. The zero-order valence-electron chi connectivity index (χ0n) is 9.05. The molecule has 0 aliphatic heterocycles. The summed E-state index contributed by atoms with van der Waals surface area (Å²) < 4.78 is 5.08. The molecule has 0 aromatic heterocycles. The van der Waals surface area contributed by atoms with Gasteiger partial charge in [-0.15, -0.1) is 0 Å². The molecule has 4 nitrogen and oxygen atoms in total. The molecule has 1 unspecified atom stereocenters. The normalized spacial score (nSPS) is 11.8. The minimum absolute atomic E-state index is 0.0908. The van der Waals surface area contributed by atoms with Crippen LogP contribution >= 0.6 is 0 Å². The molecule has 1 aromatic carbocycles. The Bertz CT molecular complexity index is 359. The zero-order chi connectivity index (χ0) is 12.0. The molecule has 4 heteroatoms. The second kappa shape index (κ2) is 5.90. The first kappa shape index (κ1) is 12.2. The molecule has 0 aliphatic rings. The molecular formula is C12H14O4. The number of carboxylic acid groups (broad SMARTS) is 1. The second-order valence-electron chi connectivity index (χ2n) is 3.44. The van der Waals surface area contributed by atoms with Crippen molar-refractivity contribution in [2.45, 2.75) is 25.9 Å². The van der Waals surface area contributed by atoms with Crippen molar-refractivity contribution >= 4 is 11.9 Å². The Kier molecular flexibility index (Phi) is 4.51. The molecular weight excluding hydrogens is 208 g/mol. The van der Waals surface area contributed by atoms with Gasteiger partial charge in [-0.25, -0.2) is 0 Å². The van der Waals surface area contributed by atoms with Gasteiger partial charge in [0.1, 0.15) is 6.10 Å². The van der Waals surface area contributed by atoms with E-state index in [4.69, 9.17) is 9.84 Å². The molecule has 1 rings (SSSR count). The lowest BCUT2D eigenvalue weighted by Crippen LogP contribution is -2.10. The van der Waals surface area contributed by atoms with Gasteiger partial charge >= 0.3 is 11.9 Å². The van der Waals surface area contributed by atoms with Crippen LogP contribution in [0.3, 0.4) is 0 Å². The monoisotopic (exact) mass is 222 g/mol. The number of carboxylic acids is 1. The van der Waals surface area contributed by atoms with E-state index < -0.39 is 11.9 Å². The lowest BCUT2D eigenvalue weighted by atomic mass is 10.1. The maximum Gasteiger partial charge on any atom is 0.306 e. The van der Waals surface area contributed by atoms with E-state index in [1.807, 2.05) is 30.3 Å². The van der Waals surface area contributed by atoms with Crippen LogP contribution < -0.4 is 0 Å². The number of esters is 1. The molecule has 0 spiro atoms. The summed E-state index contributed by atoms with van der Waals surface area (Å²) in [7, 11) is 0. The van der Waals surface area contributed by atoms with Crippen molar-refractivity contribution < 1.29 is 19.4 Å². The van der Waals surface area contributed by atoms with Gasteiger partial charge in [-0.2, -0.15) is 0 Å². The minimum atomic E-state index is -0.996. The maximum atomic E-state index is 11.2.